The SMILES string of the molecule is CCC1CN=C(NCC(COC)OC)S1. The van der Waals surface area contributed by atoms with E-state index < -0.39 is 0 Å². The summed E-state index contributed by atoms with van der Waals surface area (Å²) < 4.78 is 10.3. The Bertz CT molecular complexity index is 212. The zero-order valence-electron chi connectivity index (χ0n) is 9.66. The van der Waals surface area contributed by atoms with E-state index in [0.29, 0.717) is 11.9 Å². The van der Waals surface area contributed by atoms with Gasteiger partial charge in [-0.3, -0.25) is 4.99 Å². The maximum absolute atomic E-state index is 5.25. The van der Waals surface area contributed by atoms with Crippen LogP contribution in [0.5, 0.6) is 0 Å². The highest BCUT2D eigenvalue weighted by molar-refractivity contribution is 8.14. The molecule has 0 aromatic heterocycles. The first-order chi connectivity index (χ1) is 7.30. The summed E-state index contributed by atoms with van der Waals surface area (Å²) in [6.07, 6.45) is 1.27. The summed E-state index contributed by atoms with van der Waals surface area (Å²) in [4.78, 5) is 4.43. The van der Waals surface area contributed by atoms with Gasteiger partial charge in [0, 0.05) is 26.0 Å². The standard InChI is InChI=1S/C10H20N2O2S/c1-4-9-6-12-10(15-9)11-5-8(14-3)7-13-2/h8-9H,4-7H2,1-3H3,(H,11,12). The molecule has 88 valence electrons. The minimum atomic E-state index is 0.0963. The van der Waals surface area contributed by atoms with E-state index in [1.165, 1.54) is 6.42 Å². The van der Waals surface area contributed by atoms with Crippen molar-refractivity contribution in [1.82, 2.24) is 5.32 Å². The molecule has 0 spiro atoms. The van der Waals surface area contributed by atoms with Crippen molar-refractivity contribution in [1.29, 1.82) is 0 Å². The number of ether oxygens (including phenoxy) is 2. The van der Waals surface area contributed by atoms with Crippen LogP contribution in [0.25, 0.3) is 0 Å². The largest absolute Gasteiger partial charge is 0.382 e. The smallest absolute Gasteiger partial charge is 0.157 e. The van der Waals surface area contributed by atoms with Gasteiger partial charge in [-0.1, -0.05) is 18.7 Å². The second kappa shape index (κ2) is 7.09. The van der Waals surface area contributed by atoms with Gasteiger partial charge in [-0.25, -0.2) is 0 Å². The molecule has 0 aliphatic carbocycles. The van der Waals surface area contributed by atoms with E-state index >= 15 is 0 Å². The van der Waals surface area contributed by atoms with Crippen LogP contribution in [0.2, 0.25) is 0 Å². The predicted molar refractivity (Wildman–Crippen MR) is 64.6 cm³/mol. The fourth-order valence-corrected chi connectivity index (χ4v) is 2.27. The first-order valence-corrected chi connectivity index (χ1v) is 6.14. The zero-order chi connectivity index (χ0) is 11.1. The maximum atomic E-state index is 5.25. The molecule has 1 N–H and O–H groups in total. The number of thioether (sulfide) groups is 1. The summed E-state index contributed by atoms with van der Waals surface area (Å²) in [6, 6.07) is 0. The lowest BCUT2D eigenvalue weighted by Crippen LogP contribution is -2.34. The number of nitrogens with one attached hydrogen (secondary N) is 1. The molecule has 1 aliphatic rings. The maximum Gasteiger partial charge on any atom is 0.157 e. The molecule has 0 amide bonds. The van der Waals surface area contributed by atoms with Crippen molar-refractivity contribution in [2.24, 2.45) is 4.99 Å². The van der Waals surface area contributed by atoms with Gasteiger partial charge in [0.15, 0.2) is 5.17 Å². The van der Waals surface area contributed by atoms with E-state index in [1.807, 2.05) is 11.8 Å². The molecule has 5 heteroatoms. The lowest BCUT2D eigenvalue weighted by molar-refractivity contribution is 0.0316. The molecule has 4 nitrogen and oxygen atoms in total. The van der Waals surface area contributed by atoms with Crippen LogP contribution in [-0.2, 0) is 9.47 Å². The number of hydrogen-bond donors (Lipinski definition) is 1. The Morgan fingerprint density at radius 2 is 2.40 bits per heavy atom. The molecule has 15 heavy (non-hydrogen) atoms. The van der Waals surface area contributed by atoms with E-state index in [4.69, 9.17) is 9.47 Å². The minimum absolute atomic E-state index is 0.0963. The molecule has 2 unspecified atom stereocenters. The molecule has 1 aliphatic heterocycles. The summed E-state index contributed by atoms with van der Waals surface area (Å²) in [6.45, 7) is 4.50. The lowest BCUT2D eigenvalue weighted by Gasteiger charge is -2.15. The summed E-state index contributed by atoms with van der Waals surface area (Å²) in [5, 5.41) is 4.98. The Morgan fingerprint density at radius 1 is 1.60 bits per heavy atom. The first kappa shape index (κ1) is 12.8. The number of nitrogens with zero attached hydrogens (tertiary/aromatic N) is 1. The van der Waals surface area contributed by atoms with Crippen LogP contribution in [0.4, 0.5) is 0 Å². The monoisotopic (exact) mass is 232 g/mol. The van der Waals surface area contributed by atoms with Crippen molar-refractivity contribution >= 4 is 16.9 Å². The molecule has 0 saturated carbocycles. The van der Waals surface area contributed by atoms with E-state index in [1.54, 1.807) is 14.2 Å². The average Bonchev–Trinajstić information content (AvgIpc) is 2.72. The number of methoxy groups -OCH3 is 2. The molecule has 0 radical (unpaired) electrons. The van der Waals surface area contributed by atoms with Crippen LogP contribution in [0, 0.1) is 0 Å². The molecule has 1 heterocycles. The van der Waals surface area contributed by atoms with Gasteiger partial charge < -0.3 is 14.8 Å². The topological polar surface area (TPSA) is 42.9 Å². The Labute approximate surface area is 95.8 Å². The predicted octanol–water partition coefficient (Wildman–Crippen LogP) is 1.12. The molecular weight excluding hydrogens is 212 g/mol. The van der Waals surface area contributed by atoms with Crippen LogP contribution in [0.1, 0.15) is 13.3 Å². The third-order valence-corrected chi connectivity index (χ3v) is 3.65. The van der Waals surface area contributed by atoms with Crippen LogP contribution in [0.15, 0.2) is 4.99 Å². The summed E-state index contributed by atoms with van der Waals surface area (Å²) >= 11 is 1.82. The van der Waals surface area contributed by atoms with Crippen molar-refractivity contribution in [2.75, 3.05) is 33.9 Å². The van der Waals surface area contributed by atoms with E-state index in [0.717, 1.165) is 18.3 Å². The van der Waals surface area contributed by atoms with Crippen molar-refractivity contribution in [3.8, 4) is 0 Å². The Kier molecular flexibility index (Phi) is 6.05. The zero-order valence-corrected chi connectivity index (χ0v) is 10.5. The van der Waals surface area contributed by atoms with Crippen molar-refractivity contribution in [3.05, 3.63) is 0 Å². The third-order valence-electron chi connectivity index (χ3n) is 2.34. The average molecular weight is 232 g/mol. The Morgan fingerprint density at radius 3 is 2.93 bits per heavy atom. The summed E-state index contributed by atoms with van der Waals surface area (Å²) in [5.41, 5.74) is 0. The Balaban J connectivity index is 2.19. The molecule has 2 atom stereocenters. The normalized spacial score (nSPS) is 22.6. The van der Waals surface area contributed by atoms with Crippen molar-refractivity contribution in [2.45, 2.75) is 24.7 Å². The number of rotatable bonds is 6. The molecule has 0 aromatic carbocycles. The van der Waals surface area contributed by atoms with Gasteiger partial charge in [0.2, 0.25) is 0 Å². The van der Waals surface area contributed by atoms with Crippen LogP contribution < -0.4 is 5.32 Å². The second-order valence-electron chi connectivity index (χ2n) is 3.49. The van der Waals surface area contributed by atoms with Gasteiger partial charge >= 0.3 is 0 Å². The van der Waals surface area contributed by atoms with Gasteiger partial charge in [0.05, 0.1) is 19.3 Å². The quantitative estimate of drug-likeness (QED) is 0.745. The molecule has 0 aromatic rings. The van der Waals surface area contributed by atoms with Crippen LogP contribution >= 0.6 is 11.8 Å². The van der Waals surface area contributed by atoms with E-state index in [-0.39, 0.29) is 6.10 Å². The fourth-order valence-electron chi connectivity index (χ4n) is 1.32. The van der Waals surface area contributed by atoms with Gasteiger partial charge in [-0.2, -0.15) is 0 Å². The number of amidine groups is 1. The van der Waals surface area contributed by atoms with E-state index in [9.17, 15) is 0 Å². The number of hydrogen-bond acceptors (Lipinski definition) is 5. The second-order valence-corrected chi connectivity index (χ2v) is 4.78. The van der Waals surface area contributed by atoms with Gasteiger partial charge in [0.25, 0.3) is 0 Å². The van der Waals surface area contributed by atoms with Gasteiger partial charge in [-0.05, 0) is 6.42 Å². The fraction of sp³-hybridized carbons (Fsp3) is 0.900. The number of aliphatic imine (C=N–C) groups is 1. The molecular formula is C10H20N2O2S. The molecule has 0 fully saturated rings. The van der Waals surface area contributed by atoms with Crippen LogP contribution in [0.3, 0.4) is 0 Å². The molecule has 0 saturated heterocycles. The third kappa shape index (κ3) is 4.40. The highest BCUT2D eigenvalue weighted by Gasteiger charge is 2.18. The molecule has 0 bridgehead atoms. The van der Waals surface area contributed by atoms with Crippen molar-refractivity contribution in [3.63, 3.8) is 0 Å². The van der Waals surface area contributed by atoms with Crippen LogP contribution in [-0.4, -0.2) is 50.4 Å². The summed E-state index contributed by atoms with van der Waals surface area (Å²) in [5.74, 6) is 0. The van der Waals surface area contributed by atoms with Gasteiger partial charge in [-0.15, -0.1) is 0 Å². The first-order valence-electron chi connectivity index (χ1n) is 5.26. The Hall–Kier alpha value is -0.260. The lowest BCUT2D eigenvalue weighted by atomic mass is 10.3. The van der Waals surface area contributed by atoms with Crippen molar-refractivity contribution < 1.29 is 9.47 Å². The van der Waals surface area contributed by atoms with Gasteiger partial charge in [0.1, 0.15) is 0 Å². The molecule has 1 rings (SSSR count). The highest BCUT2D eigenvalue weighted by Crippen LogP contribution is 2.21. The minimum Gasteiger partial charge on any atom is -0.382 e. The highest BCUT2D eigenvalue weighted by atomic mass is 32.2. The van der Waals surface area contributed by atoms with E-state index in [2.05, 4.69) is 17.2 Å². The summed E-state index contributed by atoms with van der Waals surface area (Å²) in [7, 11) is 3.38.